The highest BCUT2D eigenvalue weighted by Gasteiger charge is 2.27. The van der Waals surface area contributed by atoms with Crippen LogP contribution in [-0.2, 0) is 4.79 Å². The van der Waals surface area contributed by atoms with Crippen LogP contribution in [0, 0.1) is 12.3 Å². The molecule has 0 aliphatic carbocycles. The van der Waals surface area contributed by atoms with Gasteiger partial charge in [-0.25, -0.2) is 4.98 Å². The number of para-hydroxylation sites is 1. The van der Waals surface area contributed by atoms with Crippen molar-refractivity contribution in [2.75, 3.05) is 18.8 Å². The fraction of sp³-hybridized carbons (Fsp3) is 0.192. The first-order valence-corrected chi connectivity index (χ1v) is 10.9. The number of likely N-dealkylation sites (tertiary alicyclic amines) is 1. The van der Waals surface area contributed by atoms with Gasteiger partial charge in [-0.15, -0.1) is 6.42 Å². The molecule has 1 unspecified atom stereocenters. The zero-order valence-corrected chi connectivity index (χ0v) is 18.0. The third-order valence-electron chi connectivity index (χ3n) is 5.91. The molecule has 1 aliphatic heterocycles. The van der Waals surface area contributed by atoms with E-state index in [2.05, 4.69) is 10.9 Å². The van der Waals surface area contributed by atoms with Gasteiger partial charge in [-0.1, -0.05) is 18.2 Å². The zero-order chi connectivity index (χ0) is 22.8. The Kier molecular flexibility index (Phi) is 5.41. The Morgan fingerprint density at radius 3 is 2.61 bits per heavy atom. The number of ether oxygens (including phenoxy) is 1. The van der Waals surface area contributed by atoms with Gasteiger partial charge >= 0.3 is 0 Å². The zero-order valence-electron chi connectivity index (χ0n) is 18.0. The maximum atomic E-state index is 12.1. The second kappa shape index (κ2) is 8.67. The number of pyridine rings is 1. The van der Waals surface area contributed by atoms with Crippen LogP contribution in [0.4, 0.5) is 5.82 Å². The van der Waals surface area contributed by atoms with Crippen molar-refractivity contribution in [1.82, 2.24) is 19.7 Å². The highest BCUT2D eigenvalue weighted by molar-refractivity contribution is 6.00. The molecule has 1 aliphatic rings. The minimum absolute atomic E-state index is 0.00906. The van der Waals surface area contributed by atoms with Gasteiger partial charge < -0.3 is 15.4 Å². The number of rotatable bonds is 4. The lowest BCUT2D eigenvalue weighted by atomic mass is 10.1. The van der Waals surface area contributed by atoms with Gasteiger partial charge in [-0.05, 0) is 61.2 Å². The fourth-order valence-electron chi connectivity index (χ4n) is 4.33. The van der Waals surface area contributed by atoms with E-state index >= 15 is 0 Å². The first-order chi connectivity index (χ1) is 16.1. The molecule has 5 rings (SSSR count). The maximum Gasteiger partial charge on any atom is 0.298 e. The maximum absolute atomic E-state index is 12.1. The number of hydrogen-bond acceptors (Lipinski definition) is 5. The van der Waals surface area contributed by atoms with E-state index in [9.17, 15) is 4.79 Å². The highest BCUT2D eigenvalue weighted by Crippen LogP contribution is 2.35. The Hall–Kier alpha value is -4.31. The minimum atomic E-state index is -0.286. The van der Waals surface area contributed by atoms with Crippen LogP contribution in [0.3, 0.4) is 0 Å². The Bertz CT molecular complexity index is 1340. The van der Waals surface area contributed by atoms with E-state index in [1.54, 1.807) is 11.1 Å². The van der Waals surface area contributed by atoms with E-state index in [1.807, 2.05) is 65.3 Å². The summed E-state index contributed by atoms with van der Waals surface area (Å²) in [5, 5.41) is 5.74. The normalized spacial score (nSPS) is 15.8. The number of nitrogens with zero attached hydrogens (tertiary/aromatic N) is 4. The topological polar surface area (TPSA) is 86.3 Å². The first-order valence-electron chi connectivity index (χ1n) is 10.9. The number of nitrogens with two attached hydrogens (primary N) is 1. The molecule has 0 radical (unpaired) electrons. The van der Waals surface area contributed by atoms with Crippen LogP contribution in [0.15, 0.2) is 66.9 Å². The molecule has 2 aromatic carbocycles. The molecule has 0 bridgehead atoms. The first kappa shape index (κ1) is 20.6. The number of nitrogen functional groups attached to an aromatic ring is 1. The van der Waals surface area contributed by atoms with Crippen LogP contribution in [0.2, 0.25) is 0 Å². The molecule has 7 nitrogen and oxygen atoms in total. The molecule has 0 spiro atoms. The summed E-state index contributed by atoms with van der Waals surface area (Å²) in [6.45, 7) is 1.18. The van der Waals surface area contributed by atoms with E-state index < -0.39 is 0 Å². The summed E-state index contributed by atoms with van der Waals surface area (Å²) in [7, 11) is 0. The number of carbonyl (C=O) groups is 1. The van der Waals surface area contributed by atoms with Gasteiger partial charge in [0.05, 0.1) is 16.9 Å². The van der Waals surface area contributed by atoms with Crippen LogP contribution in [-0.4, -0.2) is 38.7 Å². The van der Waals surface area contributed by atoms with Crippen molar-refractivity contribution >= 4 is 22.6 Å². The van der Waals surface area contributed by atoms with Crippen molar-refractivity contribution in [2.45, 2.75) is 18.9 Å². The van der Waals surface area contributed by atoms with Crippen LogP contribution < -0.4 is 10.5 Å². The minimum Gasteiger partial charge on any atom is -0.457 e. The molecule has 3 heterocycles. The van der Waals surface area contributed by atoms with E-state index in [0.29, 0.717) is 18.9 Å². The van der Waals surface area contributed by atoms with Crippen molar-refractivity contribution in [2.24, 2.45) is 0 Å². The predicted octanol–water partition coefficient (Wildman–Crippen LogP) is 4.27. The van der Waals surface area contributed by atoms with Gasteiger partial charge in [-0.3, -0.25) is 9.48 Å². The molecule has 1 atom stereocenters. The third kappa shape index (κ3) is 3.99. The van der Waals surface area contributed by atoms with Crippen molar-refractivity contribution < 1.29 is 9.53 Å². The Labute approximate surface area is 191 Å². The Morgan fingerprint density at radius 1 is 1.09 bits per heavy atom. The summed E-state index contributed by atoms with van der Waals surface area (Å²) in [5.41, 5.74) is 8.84. The lowest BCUT2D eigenvalue weighted by Gasteiger charge is -2.31. The molecule has 4 aromatic rings. The molecule has 2 aromatic heterocycles. The van der Waals surface area contributed by atoms with Crippen molar-refractivity contribution in [1.29, 1.82) is 0 Å². The van der Waals surface area contributed by atoms with Crippen molar-refractivity contribution in [3.8, 4) is 35.1 Å². The molecule has 7 heteroatoms. The lowest BCUT2D eigenvalue weighted by Crippen LogP contribution is -2.40. The second-order valence-corrected chi connectivity index (χ2v) is 8.01. The number of anilines is 1. The van der Waals surface area contributed by atoms with Crippen molar-refractivity contribution in [3.05, 3.63) is 66.9 Å². The largest absolute Gasteiger partial charge is 0.457 e. The molecular formula is C26H23N5O2. The molecule has 1 fully saturated rings. The molecule has 1 saturated heterocycles. The average molecular weight is 438 g/mol. The number of benzene rings is 2. The Balaban J connectivity index is 1.50. The van der Waals surface area contributed by atoms with E-state index in [1.165, 1.54) is 0 Å². The molecule has 2 N–H and O–H groups in total. The second-order valence-electron chi connectivity index (χ2n) is 8.01. The number of carbonyl (C=O) groups excluding carboxylic acids is 1. The van der Waals surface area contributed by atoms with E-state index in [4.69, 9.17) is 22.0 Å². The molecule has 0 saturated carbocycles. The van der Waals surface area contributed by atoms with Crippen LogP contribution >= 0.6 is 0 Å². The van der Waals surface area contributed by atoms with Crippen LogP contribution in [0.5, 0.6) is 11.5 Å². The van der Waals surface area contributed by atoms with Crippen LogP contribution in [0.25, 0.3) is 22.2 Å². The summed E-state index contributed by atoms with van der Waals surface area (Å²) in [4.78, 5) is 18.1. The summed E-state index contributed by atoms with van der Waals surface area (Å²) in [6.07, 6.45) is 8.79. The third-order valence-corrected chi connectivity index (χ3v) is 5.91. The van der Waals surface area contributed by atoms with Gasteiger partial charge in [0.2, 0.25) is 0 Å². The Morgan fingerprint density at radius 2 is 1.85 bits per heavy atom. The van der Waals surface area contributed by atoms with E-state index in [-0.39, 0.29) is 11.9 Å². The van der Waals surface area contributed by atoms with Gasteiger partial charge in [0.25, 0.3) is 5.91 Å². The number of piperidine rings is 1. The number of aromatic nitrogens is 3. The van der Waals surface area contributed by atoms with Gasteiger partial charge in [0.15, 0.2) is 0 Å². The van der Waals surface area contributed by atoms with Crippen molar-refractivity contribution in [3.63, 3.8) is 0 Å². The van der Waals surface area contributed by atoms with E-state index in [0.717, 1.165) is 46.5 Å². The van der Waals surface area contributed by atoms with Gasteiger partial charge in [-0.2, -0.15) is 5.10 Å². The van der Waals surface area contributed by atoms with Gasteiger partial charge in [0, 0.05) is 24.8 Å². The van der Waals surface area contributed by atoms with Gasteiger partial charge in [0.1, 0.15) is 23.0 Å². The average Bonchev–Trinajstić information content (AvgIpc) is 3.26. The number of terminal acetylenes is 1. The quantitative estimate of drug-likeness (QED) is 0.482. The number of fused-ring (bicyclic) bond motifs is 1. The SMILES string of the molecule is C#CC(=O)N1CCCC(n2nc(-c3ccc(Oc4ccccc4)cc3)c3c(N)nccc32)C1. The lowest BCUT2D eigenvalue weighted by molar-refractivity contribution is -0.126. The smallest absolute Gasteiger partial charge is 0.298 e. The predicted molar refractivity (Wildman–Crippen MR) is 128 cm³/mol. The summed E-state index contributed by atoms with van der Waals surface area (Å²) < 4.78 is 7.87. The molecule has 1 amide bonds. The number of hydrogen-bond donors (Lipinski definition) is 1. The monoisotopic (exact) mass is 437 g/mol. The van der Waals surface area contributed by atoms with Crippen LogP contribution in [0.1, 0.15) is 18.9 Å². The summed E-state index contributed by atoms with van der Waals surface area (Å²) >= 11 is 0. The molecular weight excluding hydrogens is 414 g/mol. The standard InChI is InChI=1S/C26H23N5O2/c1-2-23(32)30-16-6-7-19(17-30)31-22-14-15-28-26(27)24(22)25(29-31)18-10-12-21(13-11-18)33-20-8-4-3-5-9-20/h1,3-5,8-15,19H,6-7,16-17H2,(H2,27,28). The number of amides is 1. The highest BCUT2D eigenvalue weighted by atomic mass is 16.5. The molecule has 164 valence electrons. The molecule has 33 heavy (non-hydrogen) atoms. The summed E-state index contributed by atoms with van der Waals surface area (Å²) in [5.74, 6) is 3.87. The summed E-state index contributed by atoms with van der Waals surface area (Å²) in [6, 6.07) is 19.3. The fourth-order valence-corrected chi connectivity index (χ4v) is 4.33.